The molecule has 3 saturated heterocycles. The van der Waals surface area contributed by atoms with Gasteiger partial charge in [-0.1, -0.05) is 17.7 Å². The van der Waals surface area contributed by atoms with Crippen molar-refractivity contribution in [2.24, 2.45) is 11.8 Å². The highest BCUT2D eigenvalue weighted by Gasteiger charge is 2.53. The van der Waals surface area contributed by atoms with Gasteiger partial charge in [-0.2, -0.15) is 0 Å². The first kappa shape index (κ1) is 14.2. The Kier molecular flexibility index (Phi) is 3.42. The number of hydrogen-bond acceptors (Lipinski definition) is 3. The number of methoxy groups -OCH3 is 1. The van der Waals surface area contributed by atoms with Crippen LogP contribution in [0.4, 0.5) is 10.5 Å². The molecule has 2 bridgehead atoms. The van der Waals surface area contributed by atoms with Gasteiger partial charge < -0.3 is 19.7 Å². The highest BCUT2D eigenvalue weighted by atomic mass is 35.5. The molecule has 2 amide bonds. The number of nitrogens with zero attached hydrogens (tertiary/aromatic N) is 1. The van der Waals surface area contributed by atoms with Crippen molar-refractivity contribution in [2.45, 2.75) is 25.0 Å². The van der Waals surface area contributed by atoms with Gasteiger partial charge in [-0.05, 0) is 25.0 Å². The van der Waals surface area contributed by atoms with E-state index < -0.39 is 0 Å². The molecule has 4 atom stereocenters. The minimum atomic E-state index is -0.0885. The molecule has 3 fully saturated rings. The van der Waals surface area contributed by atoms with E-state index in [-0.39, 0.29) is 6.03 Å². The fourth-order valence-electron chi connectivity index (χ4n) is 4.13. The van der Waals surface area contributed by atoms with Crippen LogP contribution < -0.4 is 10.1 Å². The molecule has 5 nitrogen and oxygen atoms in total. The number of benzene rings is 1. The van der Waals surface area contributed by atoms with Crippen LogP contribution in [0.25, 0.3) is 0 Å². The van der Waals surface area contributed by atoms with E-state index in [1.165, 1.54) is 0 Å². The molecule has 1 aromatic rings. The lowest BCUT2D eigenvalue weighted by Gasteiger charge is -2.20. The largest absolute Gasteiger partial charge is 0.493 e. The second kappa shape index (κ2) is 5.32. The summed E-state index contributed by atoms with van der Waals surface area (Å²) < 4.78 is 11.2. The van der Waals surface area contributed by atoms with E-state index in [1.54, 1.807) is 25.3 Å². The second-order valence-corrected chi connectivity index (χ2v) is 6.68. The normalized spacial score (nSPS) is 32.2. The van der Waals surface area contributed by atoms with E-state index in [4.69, 9.17) is 21.1 Å². The molecule has 22 heavy (non-hydrogen) atoms. The third-order valence-electron chi connectivity index (χ3n) is 5.15. The molecule has 4 rings (SSSR count). The summed E-state index contributed by atoms with van der Waals surface area (Å²) in [6, 6.07) is 5.25. The molecule has 3 aliphatic rings. The van der Waals surface area contributed by atoms with E-state index in [0.717, 1.165) is 25.9 Å². The Morgan fingerprint density at radius 2 is 2.00 bits per heavy atom. The van der Waals surface area contributed by atoms with Crippen LogP contribution in [0.3, 0.4) is 0 Å². The Balaban J connectivity index is 1.47. The molecule has 3 aliphatic heterocycles. The van der Waals surface area contributed by atoms with E-state index in [1.807, 2.05) is 4.90 Å². The number of fused-ring (bicyclic) bond motifs is 5. The molecular formula is C16H19ClN2O3. The van der Waals surface area contributed by atoms with Gasteiger partial charge in [-0.3, -0.25) is 0 Å². The van der Waals surface area contributed by atoms with Gasteiger partial charge in [0.05, 0.1) is 30.0 Å². The molecular weight excluding hydrogens is 304 g/mol. The number of carbonyl (C=O) groups is 1. The van der Waals surface area contributed by atoms with Crippen molar-refractivity contribution in [3.63, 3.8) is 0 Å². The minimum absolute atomic E-state index is 0.0885. The summed E-state index contributed by atoms with van der Waals surface area (Å²) in [6.45, 7) is 1.56. The van der Waals surface area contributed by atoms with Crippen molar-refractivity contribution in [2.75, 3.05) is 25.5 Å². The summed E-state index contributed by atoms with van der Waals surface area (Å²) in [6.07, 6.45) is 2.99. The summed E-state index contributed by atoms with van der Waals surface area (Å²) in [4.78, 5) is 14.4. The zero-order valence-corrected chi connectivity index (χ0v) is 13.2. The molecule has 1 aromatic carbocycles. The van der Waals surface area contributed by atoms with Crippen LogP contribution in [0.2, 0.25) is 5.02 Å². The number of hydrogen-bond donors (Lipinski definition) is 1. The Morgan fingerprint density at radius 1 is 1.32 bits per heavy atom. The lowest BCUT2D eigenvalue weighted by Crippen LogP contribution is -2.35. The van der Waals surface area contributed by atoms with Crippen LogP contribution >= 0.6 is 11.6 Å². The Hall–Kier alpha value is -1.46. The number of nitrogens with one attached hydrogen (secondary N) is 1. The molecule has 0 saturated carbocycles. The molecule has 6 heteroatoms. The number of para-hydroxylation sites is 1. The molecule has 0 aliphatic carbocycles. The second-order valence-electron chi connectivity index (χ2n) is 6.27. The van der Waals surface area contributed by atoms with Crippen LogP contribution in [0.5, 0.6) is 5.75 Å². The fourth-order valence-corrected chi connectivity index (χ4v) is 4.39. The number of likely N-dealkylation sites (tertiary alicyclic amines) is 1. The maximum atomic E-state index is 12.5. The first-order valence-electron chi connectivity index (χ1n) is 7.71. The first-order valence-corrected chi connectivity index (χ1v) is 8.09. The molecule has 1 N–H and O–H groups in total. The Morgan fingerprint density at radius 3 is 2.64 bits per heavy atom. The van der Waals surface area contributed by atoms with Crippen molar-refractivity contribution >= 4 is 23.3 Å². The smallest absolute Gasteiger partial charge is 0.321 e. The van der Waals surface area contributed by atoms with E-state index in [0.29, 0.717) is 40.5 Å². The number of anilines is 1. The number of halogens is 1. The summed E-state index contributed by atoms with van der Waals surface area (Å²) in [7, 11) is 1.55. The van der Waals surface area contributed by atoms with Crippen LogP contribution in [0.1, 0.15) is 12.8 Å². The van der Waals surface area contributed by atoms with Crippen LogP contribution in [0.15, 0.2) is 18.2 Å². The number of amides is 2. The SMILES string of the molecule is COc1c(Cl)cccc1NC(=O)N1C[C@@H]2[C@@H](C1)[C@H]1CC[C@H]2O1. The third-order valence-corrected chi connectivity index (χ3v) is 5.45. The summed E-state index contributed by atoms with van der Waals surface area (Å²) in [5.41, 5.74) is 0.608. The number of rotatable bonds is 2. The van der Waals surface area contributed by atoms with Crippen molar-refractivity contribution in [1.82, 2.24) is 4.90 Å². The van der Waals surface area contributed by atoms with Crippen molar-refractivity contribution in [3.8, 4) is 5.75 Å². The predicted octanol–water partition coefficient (Wildman–Crippen LogP) is 2.99. The van der Waals surface area contributed by atoms with Gasteiger partial charge >= 0.3 is 6.03 Å². The van der Waals surface area contributed by atoms with Gasteiger partial charge in [0.15, 0.2) is 5.75 Å². The van der Waals surface area contributed by atoms with E-state index >= 15 is 0 Å². The Bertz CT molecular complexity index is 591. The van der Waals surface area contributed by atoms with Crippen molar-refractivity contribution in [1.29, 1.82) is 0 Å². The maximum absolute atomic E-state index is 12.5. The molecule has 118 valence electrons. The summed E-state index contributed by atoms with van der Waals surface area (Å²) in [5, 5.41) is 3.41. The average molecular weight is 323 g/mol. The van der Waals surface area contributed by atoms with Crippen molar-refractivity contribution < 1.29 is 14.3 Å². The lowest BCUT2D eigenvalue weighted by atomic mass is 9.82. The molecule has 0 radical (unpaired) electrons. The quantitative estimate of drug-likeness (QED) is 0.910. The van der Waals surface area contributed by atoms with Gasteiger partial charge in [0.1, 0.15) is 0 Å². The van der Waals surface area contributed by atoms with Crippen molar-refractivity contribution in [3.05, 3.63) is 23.2 Å². The van der Waals surface area contributed by atoms with Gasteiger partial charge in [-0.25, -0.2) is 4.79 Å². The monoisotopic (exact) mass is 322 g/mol. The lowest BCUT2D eigenvalue weighted by molar-refractivity contribution is 0.0746. The molecule has 0 unspecified atom stereocenters. The fraction of sp³-hybridized carbons (Fsp3) is 0.562. The predicted molar refractivity (Wildman–Crippen MR) is 83.5 cm³/mol. The zero-order valence-electron chi connectivity index (χ0n) is 12.4. The van der Waals surface area contributed by atoms with E-state index in [9.17, 15) is 4.79 Å². The average Bonchev–Trinajstić information content (AvgIpc) is 3.20. The molecule has 0 spiro atoms. The molecule has 3 heterocycles. The summed E-state index contributed by atoms with van der Waals surface area (Å²) in [5.74, 6) is 1.51. The summed E-state index contributed by atoms with van der Waals surface area (Å²) >= 11 is 6.09. The van der Waals surface area contributed by atoms with Gasteiger partial charge in [0.25, 0.3) is 0 Å². The van der Waals surface area contributed by atoms with E-state index in [2.05, 4.69) is 5.32 Å². The minimum Gasteiger partial charge on any atom is -0.493 e. The first-order chi connectivity index (χ1) is 10.7. The van der Waals surface area contributed by atoms with Gasteiger partial charge in [0, 0.05) is 24.9 Å². The molecule has 0 aromatic heterocycles. The van der Waals surface area contributed by atoms with Gasteiger partial charge in [0.2, 0.25) is 0 Å². The standard InChI is InChI=1S/C16H19ClN2O3/c1-21-15-11(17)3-2-4-12(15)18-16(20)19-7-9-10(8-19)14-6-5-13(9)22-14/h2-4,9-10,13-14H,5-8H2,1H3,(H,18,20)/t9-,10-,13-,14-/m1/s1. The highest BCUT2D eigenvalue weighted by molar-refractivity contribution is 6.32. The number of carbonyl (C=O) groups excluding carboxylic acids is 1. The third kappa shape index (κ3) is 2.15. The topological polar surface area (TPSA) is 50.8 Å². The Labute approximate surface area is 134 Å². The van der Waals surface area contributed by atoms with Crippen LogP contribution in [-0.2, 0) is 4.74 Å². The van der Waals surface area contributed by atoms with Crippen LogP contribution in [-0.4, -0.2) is 43.3 Å². The van der Waals surface area contributed by atoms with Gasteiger partial charge in [-0.15, -0.1) is 0 Å². The number of ether oxygens (including phenoxy) is 2. The maximum Gasteiger partial charge on any atom is 0.321 e. The zero-order chi connectivity index (χ0) is 15.3. The van der Waals surface area contributed by atoms with Crippen LogP contribution in [0, 0.1) is 11.8 Å². The number of urea groups is 1. The highest BCUT2D eigenvalue weighted by Crippen LogP contribution is 2.47.